The van der Waals surface area contributed by atoms with E-state index in [1.165, 1.54) is 5.56 Å². The van der Waals surface area contributed by atoms with Crippen LogP contribution in [0.2, 0.25) is 0 Å². The molecular formula is C19H26N4OS. The first kappa shape index (κ1) is 17.1. The minimum Gasteiger partial charge on any atom is -0.371 e. The van der Waals surface area contributed by atoms with E-state index in [4.69, 9.17) is 4.74 Å². The molecule has 25 heavy (non-hydrogen) atoms. The highest BCUT2D eigenvalue weighted by Gasteiger charge is 2.49. The Balaban J connectivity index is 1.23. The Morgan fingerprint density at radius 3 is 3.00 bits per heavy atom. The van der Waals surface area contributed by atoms with Crippen LogP contribution in [0.4, 0.5) is 0 Å². The fourth-order valence-corrected chi connectivity index (χ4v) is 5.42. The zero-order valence-electron chi connectivity index (χ0n) is 15.0. The zero-order chi connectivity index (χ0) is 17.3. The van der Waals surface area contributed by atoms with Gasteiger partial charge in [-0.3, -0.25) is 14.6 Å². The van der Waals surface area contributed by atoms with E-state index in [0.717, 1.165) is 49.7 Å². The maximum absolute atomic E-state index is 6.13. The van der Waals surface area contributed by atoms with Crippen LogP contribution in [0.1, 0.15) is 30.3 Å². The summed E-state index contributed by atoms with van der Waals surface area (Å²) >= 11 is 2.09. The average Bonchev–Trinajstić information content (AvgIpc) is 3.20. The van der Waals surface area contributed by atoms with Gasteiger partial charge >= 0.3 is 0 Å². The molecule has 2 aromatic rings. The van der Waals surface area contributed by atoms with E-state index in [1.54, 1.807) is 0 Å². The van der Waals surface area contributed by atoms with E-state index in [-0.39, 0.29) is 0 Å². The number of pyridine rings is 1. The fourth-order valence-electron chi connectivity index (χ4n) is 3.81. The number of aromatic nitrogens is 3. The normalized spacial score (nSPS) is 22.4. The monoisotopic (exact) mass is 358 g/mol. The minimum absolute atomic E-state index is 0.359. The van der Waals surface area contributed by atoms with Crippen molar-refractivity contribution in [2.45, 2.75) is 50.8 Å². The predicted molar refractivity (Wildman–Crippen MR) is 101 cm³/mol. The lowest BCUT2D eigenvalue weighted by atomic mass is 9.92. The molecule has 1 atom stereocenters. The minimum atomic E-state index is 0.359. The number of ether oxygens (including phenoxy) is 1. The van der Waals surface area contributed by atoms with E-state index in [2.05, 4.69) is 45.9 Å². The second-order valence-corrected chi connectivity index (χ2v) is 8.74. The maximum atomic E-state index is 6.13. The van der Waals surface area contributed by atoms with Gasteiger partial charge in [0.05, 0.1) is 24.6 Å². The highest BCUT2D eigenvalue weighted by Crippen LogP contribution is 2.46. The van der Waals surface area contributed by atoms with Gasteiger partial charge in [-0.1, -0.05) is 6.07 Å². The standard InChI is InChI=1S/C19H26N4OS/c1-3-23-10-16(8-20-23)9-22-13-19(14-22)7-18(12-25-19)24-11-17-6-4-5-15(2)21-17/h4-6,8,10,18H,3,7,9,11-14H2,1-2H3/t18-/m1/s1. The van der Waals surface area contributed by atoms with Crippen molar-refractivity contribution in [3.8, 4) is 0 Å². The molecule has 2 saturated heterocycles. The first-order chi connectivity index (χ1) is 12.1. The Bertz CT molecular complexity index is 726. The second kappa shape index (κ2) is 7.09. The molecule has 0 unspecified atom stereocenters. The molecule has 0 saturated carbocycles. The van der Waals surface area contributed by atoms with Crippen LogP contribution in [0, 0.1) is 6.92 Å². The summed E-state index contributed by atoms with van der Waals surface area (Å²) in [7, 11) is 0. The first-order valence-electron chi connectivity index (χ1n) is 9.06. The van der Waals surface area contributed by atoms with Gasteiger partial charge in [-0.2, -0.15) is 5.10 Å². The lowest BCUT2D eigenvalue weighted by molar-refractivity contribution is 0.0250. The molecule has 0 N–H and O–H groups in total. The van der Waals surface area contributed by atoms with E-state index in [1.807, 2.05) is 29.9 Å². The highest BCUT2D eigenvalue weighted by atomic mass is 32.2. The van der Waals surface area contributed by atoms with Crippen LogP contribution in [0.3, 0.4) is 0 Å². The van der Waals surface area contributed by atoms with Crippen molar-refractivity contribution >= 4 is 11.8 Å². The lowest BCUT2D eigenvalue weighted by Gasteiger charge is -2.47. The largest absolute Gasteiger partial charge is 0.371 e. The smallest absolute Gasteiger partial charge is 0.0892 e. The van der Waals surface area contributed by atoms with E-state index < -0.39 is 0 Å². The molecule has 0 aliphatic carbocycles. The van der Waals surface area contributed by atoms with Gasteiger partial charge in [0.1, 0.15) is 0 Å². The Labute approximate surface area is 153 Å². The maximum Gasteiger partial charge on any atom is 0.0892 e. The number of likely N-dealkylation sites (tertiary alicyclic amines) is 1. The molecular weight excluding hydrogens is 332 g/mol. The molecule has 2 aliphatic rings. The van der Waals surface area contributed by atoms with Crippen LogP contribution in [-0.2, 0) is 24.4 Å². The van der Waals surface area contributed by atoms with Crippen molar-refractivity contribution in [1.29, 1.82) is 0 Å². The summed E-state index contributed by atoms with van der Waals surface area (Å²) in [6.07, 6.45) is 5.68. The molecule has 0 aromatic carbocycles. The molecule has 2 aromatic heterocycles. The molecule has 5 nitrogen and oxygen atoms in total. The Kier molecular flexibility index (Phi) is 4.84. The van der Waals surface area contributed by atoms with Crippen molar-refractivity contribution in [3.63, 3.8) is 0 Å². The molecule has 0 bridgehead atoms. The third-order valence-electron chi connectivity index (χ3n) is 5.03. The Hall–Kier alpha value is -1.37. The van der Waals surface area contributed by atoms with Crippen LogP contribution < -0.4 is 0 Å². The molecule has 134 valence electrons. The summed E-state index contributed by atoms with van der Waals surface area (Å²) in [5.41, 5.74) is 3.41. The fraction of sp³-hybridized carbons (Fsp3) is 0.579. The highest BCUT2D eigenvalue weighted by molar-refractivity contribution is 8.01. The van der Waals surface area contributed by atoms with Gasteiger partial charge in [0.15, 0.2) is 0 Å². The number of nitrogens with zero attached hydrogens (tertiary/aromatic N) is 4. The molecule has 6 heteroatoms. The first-order valence-corrected chi connectivity index (χ1v) is 10.0. The molecule has 0 radical (unpaired) electrons. The topological polar surface area (TPSA) is 43.2 Å². The van der Waals surface area contributed by atoms with Crippen molar-refractivity contribution in [2.24, 2.45) is 0 Å². The summed E-state index contributed by atoms with van der Waals surface area (Å²) in [4.78, 5) is 7.05. The van der Waals surface area contributed by atoms with Crippen molar-refractivity contribution in [3.05, 3.63) is 47.5 Å². The number of rotatable bonds is 6. The van der Waals surface area contributed by atoms with Crippen LogP contribution in [0.25, 0.3) is 0 Å². The number of thioether (sulfide) groups is 1. The SMILES string of the molecule is CCn1cc(CN2CC3(C[C@@H](OCc4cccc(C)n4)CS3)C2)cn1. The molecule has 4 heterocycles. The second-order valence-electron chi connectivity index (χ2n) is 7.25. The van der Waals surface area contributed by atoms with Gasteiger partial charge in [0.2, 0.25) is 0 Å². The van der Waals surface area contributed by atoms with Gasteiger partial charge < -0.3 is 4.74 Å². The number of aryl methyl sites for hydroxylation is 2. The van der Waals surface area contributed by atoms with Gasteiger partial charge in [0, 0.05) is 54.1 Å². The lowest BCUT2D eigenvalue weighted by Crippen LogP contribution is -2.58. The molecule has 2 fully saturated rings. The van der Waals surface area contributed by atoms with Crippen molar-refractivity contribution < 1.29 is 4.74 Å². The van der Waals surface area contributed by atoms with E-state index in [0.29, 0.717) is 17.5 Å². The van der Waals surface area contributed by atoms with Gasteiger partial charge in [0.25, 0.3) is 0 Å². The summed E-state index contributed by atoms with van der Waals surface area (Å²) in [5.74, 6) is 1.10. The number of hydrogen-bond donors (Lipinski definition) is 0. The van der Waals surface area contributed by atoms with Crippen molar-refractivity contribution in [2.75, 3.05) is 18.8 Å². The zero-order valence-corrected chi connectivity index (χ0v) is 15.8. The third-order valence-corrected chi connectivity index (χ3v) is 6.60. The number of hydrogen-bond acceptors (Lipinski definition) is 5. The summed E-state index contributed by atoms with van der Waals surface area (Å²) in [5, 5.41) is 4.37. The predicted octanol–water partition coefficient (Wildman–Crippen LogP) is 2.88. The van der Waals surface area contributed by atoms with Crippen molar-refractivity contribution in [1.82, 2.24) is 19.7 Å². The molecule has 1 spiro atoms. The quantitative estimate of drug-likeness (QED) is 0.794. The van der Waals surface area contributed by atoms with E-state index in [9.17, 15) is 0 Å². The van der Waals surface area contributed by atoms with Gasteiger partial charge in [-0.25, -0.2) is 0 Å². The van der Waals surface area contributed by atoms with Crippen LogP contribution in [0.15, 0.2) is 30.6 Å². The molecule has 2 aliphatic heterocycles. The van der Waals surface area contributed by atoms with Crippen LogP contribution in [-0.4, -0.2) is 49.4 Å². The molecule has 4 rings (SSSR count). The molecule has 0 amide bonds. The Morgan fingerprint density at radius 2 is 2.24 bits per heavy atom. The Morgan fingerprint density at radius 1 is 1.36 bits per heavy atom. The summed E-state index contributed by atoms with van der Waals surface area (Å²) in [6.45, 7) is 9.06. The van der Waals surface area contributed by atoms with Gasteiger partial charge in [-0.05, 0) is 32.4 Å². The average molecular weight is 359 g/mol. The van der Waals surface area contributed by atoms with Crippen LogP contribution >= 0.6 is 11.8 Å². The summed E-state index contributed by atoms with van der Waals surface area (Å²) in [6, 6.07) is 6.12. The van der Waals surface area contributed by atoms with Crippen LogP contribution in [0.5, 0.6) is 0 Å². The van der Waals surface area contributed by atoms with Gasteiger partial charge in [-0.15, -0.1) is 11.8 Å². The summed E-state index contributed by atoms with van der Waals surface area (Å²) < 4.78 is 8.54. The van der Waals surface area contributed by atoms with E-state index >= 15 is 0 Å². The third kappa shape index (κ3) is 3.91.